The van der Waals surface area contributed by atoms with Crippen molar-refractivity contribution in [3.8, 4) is 0 Å². The average molecular weight is 477 g/mol. The van der Waals surface area contributed by atoms with Crippen LogP contribution in [0.15, 0.2) is 83.8 Å². The fraction of sp³-hybridized carbons (Fsp3) is 0.321. The number of hydrogen-bond acceptors (Lipinski definition) is 3. The third-order valence-electron chi connectivity index (χ3n) is 6.44. The van der Waals surface area contributed by atoms with Crippen molar-refractivity contribution in [2.75, 3.05) is 11.3 Å². The molecule has 4 rings (SSSR count). The van der Waals surface area contributed by atoms with Crippen molar-refractivity contribution in [3.05, 3.63) is 95.6 Å². The van der Waals surface area contributed by atoms with E-state index in [0.29, 0.717) is 30.3 Å². The molecule has 5 nitrogen and oxygen atoms in total. The van der Waals surface area contributed by atoms with Gasteiger partial charge in [-0.15, -0.1) is 0 Å². The lowest BCUT2D eigenvalue weighted by atomic mass is 9.88. The van der Waals surface area contributed by atoms with Gasteiger partial charge in [-0.1, -0.05) is 79.4 Å². The highest BCUT2D eigenvalue weighted by atomic mass is 32.2. The molecule has 0 radical (unpaired) electrons. The van der Waals surface area contributed by atoms with Crippen LogP contribution < -0.4 is 4.72 Å². The molecule has 0 bridgehead atoms. The summed E-state index contributed by atoms with van der Waals surface area (Å²) in [6, 6.07) is 23.5. The van der Waals surface area contributed by atoms with Crippen LogP contribution in [-0.4, -0.2) is 25.8 Å². The van der Waals surface area contributed by atoms with Crippen molar-refractivity contribution in [1.29, 1.82) is 0 Å². The van der Waals surface area contributed by atoms with Gasteiger partial charge in [-0.25, -0.2) is 8.42 Å². The van der Waals surface area contributed by atoms with Crippen molar-refractivity contribution >= 4 is 21.6 Å². The summed E-state index contributed by atoms with van der Waals surface area (Å²) < 4.78 is 28.7. The lowest BCUT2D eigenvalue weighted by Crippen LogP contribution is -2.36. The Hall–Kier alpha value is -3.12. The van der Waals surface area contributed by atoms with Gasteiger partial charge in [-0.2, -0.15) is 0 Å². The van der Waals surface area contributed by atoms with Crippen molar-refractivity contribution in [2.24, 2.45) is 5.92 Å². The van der Waals surface area contributed by atoms with E-state index in [-0.39, 0.29) is 10.8 Å². The topological polar surface area (TPSA) is 66.5 Å². The Balaban J connectivity index is 1.61. The van der Waals surface area contributed by atoms with E-state index < -0.39 is 10.0 Å². The van der Waals surface area contributed by atoms with E-state index in [9.17, 15) is 13.2 Å². The molecule has 1 saturated carbocycles. The van der Waals surface area contributed by atoms with Gasteiger partial charge in [-0.05, 0) is 55.5 Å². The zero-order valence-electron chi connectivity index (χ0n) is 19.6. The Labute approximate surface area is 202 Å². The van der Waals surface area contributed by atoms with E-state index >= 15 is 0 Å². The summed E-state index contributed by atoms with van der Waals surface area (Å²) in [4.78, 5) is 15.9. The predicted octanol–water partition coefficient (Wildman–Crippen LogP) is 6.02. The second-order valence-corrected chi connectivity index (χ2v) is 10.8. The monoisotopic (exact) mass is 476 g/mol. The minimum atomic E-state index is -3.82. The Morgan fingerprint density at radius 3 is 2.24 bits per heavy atom. The van der Waals surface area contributed by atoms with Crippen molar-refractivity contribution in [2.45, 2.75) is 50.5 Å². The maximum absolute atomic E-state index is 13.8. The number of amides is 1. The second kappa shape index (κ2) is 10.9. The van der Waals surface area contributed by atoms with Crippen LogP contribution in [0.4, 0.5) is 5.69 Å². The number of sulfonamides is 1. The molecule has 34 heavy (non-hydrogen) atoms. The Kier molecular flexibility index (Phi) is 7.68. The van der Waals surface area contributed by atoms with Crippen LogP contribution in [0.5, 0.6) is 0 Å². The molecule has 0 atom stereocenters. The molecule has 0 spiro atoms. The number of aryl methyl sites for hydroxylation is 1. The largest absolute Gasteiger partial charge is 0.334 e. The van der Waals surface area contributed by atoms with Gasteiger partial charge >= 0.3 is 0 Å². The zero-order chi connectivity index (χ0) is 24.0. The van der Waals surface area contributed by atoms with E-state index in [1.807, 2.05) is 42.2 Å². The summed E-state index contributed by atoms with van der Waals surface area (Å²) in [5, 5.41) is 0. The number of rotatable bonds is 8. The number of nitrogens with zero attached hydrogens (tertiary/aromatic N) is 1. The van der Waals surface area contributed by atoms with Crippen LogP contribution in [0.25, 0.3) is 0 Å². The molecule has 0 heterocycles. The number of carbonyl (C=O) groups excluding carboxylic acids is 1. The second-order valence-electron chi connectivity index (χ2n) is 9.14. The zero-order valence-corrected chi connectivity index (χ0v) is 20.4. The summed E-state index contributed by atoms with van der Waals surface area (Å²) in [6.45, 7) is 3.08. The van der Waals surface area contributed by atoms with Crippen molar-refractivity contribution in [1.82, 2.24) is 4.90 Å². The number of carbonyl (C=O) groups is 1. The molecular formula is C28H32N2O3S. The summed E-state index contributed by atoms with van der Waals surface area (Å²) >= 11 is 0. The fourth-order valence-electron chi connectivity index (χ4n) is 4.55. The highest BCUT2D eigenvalue weighted by Gasteiger charge is 2.25. The maximum Gasteiger partial charge on any atom is 0.261 e. The fourth-order valence-corrected chi connectivity index (χ4v) is 5.63. The number of nitrogens with one attached hydrogen (secondary N) is 1. The summed E-state index contributed by atoms with van der Waals surface area (Å²) in [5.41, 5.74) is 2.71. The molecule has 0 saturated heterocycles. The standard InChI is InChI=1S/C28H32N2O3S/c1-22-16-18-25(19-17-22)34(32,33)29-27-15-9-8-14-26(27)28(31)30(20-23-10-4-2-5-11-23)21-24-12-6-3-7-13-24/h2,4-5,8-11,14-19,24,29H,3,6-7,12-13,20-21H2,1H3. The van der Waals surface area contributed by atoms with Crippen LogP contribution in [0.2, 0.25) is 0 Å². The first-order valence-electron chi connectivity index (χ1n) is 11.9. The van der Waals surface area contributed by atoms with Gasteiger partial charge in [0.25, 0.3) is 15.9 Å². The van der Waals surface area contributed by atoms with E-state index in [0.717, 1.165) is 24.0 Å². The number of anilines is 1. The molecule has 0 unspecified atom stereocenters. The first-order valence-corrected chi connectivity index (χ1v) is 13.4. The third-order valence-corrected chi connectivity index (χ3v) is 7.82. The Bertz CT molecular complexity index is 1200. The van der Waals surface area contributed by atoms with Gasteiger partial charge in [0.2, 0.25) is 0 Å². The maximum atomic E-state index is 13.8. The molecular weight excluding hydrogens is 444 g/mol. The van der Waals surface area contributed by atoms with E-state index in [4.69, 9.17) is 0 Å². The molecule has 1 fully saturated rings. The first kappa shape index (κ1) is 24.0. The quantitative estimate of drug-likeness (QED) is 0.432. The van der Waals surface area contributed by atoms with Crippen LogP contribution in [0, 0.1) is 12.8 Å². The van der Waals surface area contributed by atoms with Gasteiger partial charge in [0.15, 0.2) is 0 Å². The number of para-hydroxylation sites is 1. The first-order chi connectivity index (χ1) is 16.4. The number of hydrogen-bond donors (Lipinski definition) is 1. The molecule has 0 aromatic heterocycles. The summed E-state index contributed by atoms with van der Waals surface area (Å²) in [7, 11) is -3.82. The molecule has 1 N–H and O–H groups in total. The minimum Gasteiger partial charge on any atom is -0.334 e. The highest BCUT2D eigenvalue weighted by molar-refractivity contribution is 7.92. The minimum absolute atomic E-state index is 0.156. The molecule has 1 aliphatic rings. The molecule has 3 aromatic carbocycles. The van der Waals surface area contributed by atoms with E-state index in [1.165, 1.54) is 19.3 Å². The normalized spacial score (nSPS) is 14.5. The molecule has 1 amide bonds. The van der Waals surface area contributed by atoms with Crippen molar-refractivity contribution in [3.63, 3.8) is 0 Å². The van der Waals surface area contributed by atoms with E-state index in [2.05, 4.69) is 4.72 Å². The van der Waals surface area contributed by atoms with Gasteiger partial charge in [0, 0.05) is 13.1 Å². The lowest BCUT2D eigenvalue weighted by molar-refractivity contribution is 0.0700. The van der Waals surface area contributed by atoms with Crippen LogP contribution in [-0.2, 0) is 16.6 Å². The third kappa shape index (κ3) is 6.06. The molecule has 178 valence electrons. The summed E-state index contributed by atoms with van der Waals surface area (Å²) in [5.74, 6) is 0.314. The van der Waals surface area contributed by atoms with Crippen LogP contribution in [0.3, 0.4) is 0 Å². The Morgan fingerprint density at radius 1 is 0.882 bits per heavy atom. The average Bonchev–Trinajstić information content (AvgIpc) is 2.85. The van der Waals surface area contributed by atoms with Gasteiger partial charge < -0.3 is 4.90 Å². The number of benzene rings is 3. The predicted molar refractivity (Wildman–Crippen MR) is 136 cm³/mol. The SMILES string of the molecule is Cc1ccc(S(=O)(=O)Nc2ccccc2C(=O)N(Cc2ccccc2)CC2CCCCC2)cc1. The molecule has 1 aliphatic carbocycles. The molecule has 6 heteroatoms. The summed E-state index contributed by atoms with van der Waals surface area (Å²) in [6.07, 6.45) is 5.91. The molecule has 0 aliphatic heterocycles. The smallest absolute Gasteiger partial charge is 0.261 e. The Morgan fingerprint density at radius 2 is 1.53 bits per heavy atom. The van der Waals surface area contributed by atoms with Crippen LogP contribution in [0.1, 0.15) is 53.6 Å². The van der Waals surface area contributed by atoms with Crippen LogP contribution >= 0.6 is 0 Å². The van der Waals surface area contributed by atoms with Gasteiger partial charge in [-0.3, -0.25) is 9.52 Å². The molecule has 3 aromatic rings. The van der Waals surface area contributed by atoms with Gasteiger partial charge in [0.1, 0.15) is 0 Å². The lowest BCUT2D eigenvalue weighted by Gasteiger charge is -2.30. The van der Waals surface area contributed by atoms with E-state index in [1.54, 1.807) is 48.5 Å². The van der Waals surface area contributed by atoms with Gasteiger partial charge in [0.05, 0.1) is 16.1 Å². The van der Waals surface area contributed by atoms with Crippen molar-refractivity contribution < 1.29 is 13.2 Å². The highest BCUT2D eigenvalue weighted by Crippen LogP contribution is 2.27.